The van der Waals surface area contributed by atoms with E-state index in [1.807, 2.05) is 24.3 Å². The maximum atomic E-state index is 13.7. The topological polar surface area (TPSA) is 66.5 Å². The van der Waals surface area contributed by atoms with Crippen molar-refractivity contribution in [2.45, 2.75) is 30.6 Å². The van der Waals surface area contributed by atoms with Gasteiger partial charge in [-0.05, 0) is 60.7 Å². The van der Waals surface area contributed by atoms with Crippen molar-refractivity contribution < 1.29 is 22.0 Å². The van der Waals surface area contributed by atoms with E-state index in [1.165, 1.54) is 16.4 Å². The number of benzene rings is 3. The number of amides is 1. The Hall–Kier alpha value is -3.26. The van der Waals surface area contributed by atoms with Crippen LogP contribution < -0.4 is 9.62 Å². The summed E-state index contributed by atoms with van der Waals surface area (Å²) in [6.07, 6.45) is 1.98. The molecule has 4 rings (SSSR count). The molecule has 1 amide bonds. The Labute approximate surface area is 185 Å². The monoisotopic (exact) mass is 456 g/mol. The lowest BCUT2D eigenvalue weighted by Crippen LogP contribution is -2.35. The van der Waals surface area contributed by atoms with E-state index < -0.39 is 27.6 Å². The highest BCUT2D eigenvalue weighted by Gasteiger charge is 2.28. The van der Waals surface area contributed by atoms with Crippen molar-refractivity contribution in [1.82, 2.24) is 0 Å². The molecule has 0 saturated heterocycles. The first-order valence-corrected chi connectivity index (χ1v) is 11.7. The molecule has 1 heterocycles. The summed E-state index contributed by atoms with van der Waals surface area (Å²) in [4.78, 5) is 12.3. The molecule has 0 bridgehead atoms. The normalized spacial score (nSPS) is 13.5. The summed E-state index contributed by atoms with van der Waals surface area (Å²) in [5, 5.41) is 2.35. The lowest BCUT2D eigenvalue weighted by molar-refractivity contribution is -0.116. The average molecular weight is 457 g/mol. The van der Waals surface area contributed by atoms with Gasteiger partial charge in [-0.1, -0.05) is 30.3 Å². The first kappa shape index (κ1) is 22.0. The molecule has 1 aliphatic rings. The van der Waals surface area contributed by atoms with Gasteiger partial charge in [0, 0.05) is 19.0 Å². The highest BCUT2D eigenvalue weighted by Crippen LogP contribution is 2.31. The molecular formula is C24H22F2N2O3S. The van der Waals surface area contributed by atoms with Crippen LogP contribution in [0.25, 0.3) is 0 Å². The highest BCUT2D eigenvalue weighted by molar-refractivity contribution is 7.92. The summed E-state index contributed by atoms with van der Waals surface area (Å²) in [7, 11) is -3.70. The van der Waals surface area contributed by atoms with E-state index in [0.29, 0.717) is 18.7 Å². The summed E-state index contributed by atoms with van der Waals surface area (Å²) >= 11 is 0. The molecule has 5 nitrogen and oxygen atoms in total. The van der Waals surface area contributed by atoms with Crippen LogP contribution in [0, 0.1) is 11.6 Å². The maximum Gasteiger partial charge on any atom is 0.264 e. The van der Waals surface area contributed by atoms with E-state index in [9.17, 15) is 22.0 Å². The largest absolute Gasteiger partial charge is 0.324 e. The van der Waals surface area contributed by atoms with Crippen molar-refractivity contribution >= 4 is 27.3 Å². The van der Waals surface area contributed by atoms with E-state index >= 15 is 0 Å². The number of aryl methyl sites for hydroxylation is 2. The molecule has 0 fully saturated rings. The fourth-order valence-corrected chi connectivity index (χ4v) is 5.31. The molecule has 0 unspecified atom stereocenters. The van der Waals surface area contributed by atoms with E-state index in [0.717, 1.165) is 42.2 Å². The summed E-state index contributed by atoms with van der Waals surface area (Å²) in [6, 6.07) is 16.7. The number of carbonyl (C=O) groups excluding carboxylic acids is 1. The van der Waals surface area contributed by atoms with E-state index in [4.69, 9.17) is 0 Å². The first-order chi connectivity index (χ1) is 15.3. The van der Waals surface area contributed by atoms with Crippen molar-refractivity contribution in [3.63, 3.8) is 0 Å². The number of nitrogens with zero attached hydrogens (tertiary/aromatic N) is 1. The van der Waals surface area contributed by atoms with Crippen molar-refractivity contribution in [3.8, 4) is 0 Å². The van der Waals surface area contributed by atoms with E-state index in [2.05, 4.69) is 5.32 Å². The third-order valence-corrected chi connectivity index (χ3v) is 7.25. The first-order valence-electron chi connectivity index (χ1n) is 10.3. The minimum Gasteiger partial charge on any atom is -0.324 e. The molecule has 0 aromatic heterocycles. The van der Waals surface area contributed by atoms with Crippen LogP contribution in [0.15, 0.2) is 71.6 Å². The second-order valence-corrected chi connectivity index (χ2v) is 9.49. The van der Waals surface area contributed by atoms with Crippen LogP contribution in [0.4, 0.5) is 20.2 Å². The molecule has 166 valence electrons. The number of halogens is 2. The molecular weight excluding hydrogens is 434 g/mol. The van der Waals surface area contributed by atoms with Crippen molar-refractivity contribution in [2.75, 3.05) is 16.2 Å². The zero-order valence-corrected chi connectivity index (χ0v) is 18.0. The zero-order chi connectivity index (χ0) is 22.7. The number of nitrogens with one attached hydrogen (secondary N) is 1. The minimum atomic E-state index is -3.70. The predicted molar refractivity (Wildman–Crippen MR) is 119 cm³/mol. The maximum absolute atomic E-state index is 13.7. The highest BCUT2D eigenvalue weighted by atomic mass is 32.2. The van der Waals surface area contributed by atoms with Gasteiger partial charge in [0.25, 0.3) is 10.0 Å². The fraction of sp³-hybridized carbons (Fsp3) is 0.208. The van der Waals surface area contributed by atoms with Crippen LogP contribution in [0.5, 0.6) is 0 Å². The second kappa shape index (κ2) is 9.08. The van der Waals surface area contributed by atoms with Gasteiger partial charge in [0.2, 0.25) is 5.91 Å². The molecule has 1 N–H and O–H groups in total. The smallest absolute Gasteiger partial charge is 0.264 e. The van der Waals surface area contributed by atoms with Gasteiger partial charge in [0.15, 0.2) is 0 Å². The van der Waals surface area contributed by atoms with Crippen molar-refractivity contribution in [2.24, 2.45) is 0 Å². The van der Waals surface area contributed by atoms with Crippen molar-refractivity contribution in [1.29, 1.82) is 0 Å². The summed E-state index contributed by atoms with van der Waals surface area (Å²) in [5.74, 6) is -1.82. The summed E-state index contributed by atoms with van der Waals surface area (Å²) in [5.41, 5.74) is 2.28. The van der Waals surface area contributed by atoms with E-state index in [-0.39, 0.29) is 17.0 Å². The Morgan fingerprint density at radius 2 is 1.75 bits per heavy atom. The van der Waals surface area contributed by atoms with Gasteiger partial charge in [-0.3, -0.25) is 9.10 Å². The Bertz CT molecular complexity index is 1240. The molecule has 1 aliphatic heterocycles. The summed E-state index contributed by atoms with van der Waals surface area (Å²) in [6.45, 7) is 0.428. The average Bonchev–Trinajstić information content (AvgIpc) is 2.80. The number of hydrogen-bond acceptors (Lipinski definition) is 3. The minimum absolute atomic E-state index is 0.0432. The molecule has 0 radical (unpaired) electrons. The standard InChI is InChI=1S/C24H22F2N2O3S/c25-19-10-13-21(26)22(16-19)27-24(29)14-9-17-7-11-20(12-8-17)32(30,31)28-15-3-5-18-4-1-2-6-23(18)28/h1-2,4,6-8,10-13,16H,3,5,9,14-15H2,(H,27,29). The quantitative estimate of drug-likeness (QED) is 0.586. The molecule has 32 heavy (non-hydrogen) atoms. The van der Waals surface area contributed by atoms with Crippen LogP contribution >= 0.6 is 0 Å². The number of carbonyl (C=O) groups is 1. The molecule has 3 aromatic carbocycles. The number of anilines is 2. The van der Waals surface area contributed by atoms with Gasteiger partial charge < -0.3 is 5.32 Å². The number of rotatable bonds is 6. The number of sulfonamides is 1. The van der Waals surface area contributed by atoms with Crippen molar-refractivity contribution in [3.05, 3.63) is 89.5 Å². The van der Waals surface area contributed by atoms with Gasteiger partial charge in [0.1, 0.15) is 11.6 Å². The van der Waals surface area contributed by atoms with Crippen LogP contribution in [0.1, 0.15) is 24.0 Å². The van der Waals surface area contributed by atoms with Gasteiger partial charge in [0.05, 0.1) is 16.3 Å². The van der Waals surface area contributed by atoms with Crippen LogP contribution in [-0.4, -0.2) is 20.9 Å². The zero-order valence-electron chi connectivity index (χ0n) is 17.2. The van der Waals surface area contributed by atoms with Crippen LogP contribution in [-0.2, 0) is 27.7 Å². The Morgan fingerprint density at radius 1 is 1.00 bits per heavy atom. The third kappa shape index (κ3) is 4.65. The Balaban J connectivity index is 1.42. The Morgan fingerprint density at radius 3 is 2.53 bits per heavy atom. The van der Waals surface area contributed by atoms with Crippen LogP contribution in [0.3, 0.4) is 0 Å². The second-order valence-electron chi connectivity index (χ2n) is 7.63. The molecule has 0 saturated carbocycles. The fourth-order valence-electron chi connectivity index (χ4n) is 3.77. The molecule has 3 aromatic rings. The third-order valence-electron chi connectivity index (χ3n) is 5.42. The van der Waals surface area contributed by atoms with Gasteiger partial charge in [-0.2, -0.15) is 0 Å². The molecule has 8 heteroatoms. The van der Waals surface area contributed by atoms with Gasteiger partial charge >= 0.3 is 0 Å². The lowest BCUT2D eigenvalue weighted by atomic mass is 10.0. The van der Waals surface area contributed by atoms with E-state index in [1.54, 1.807) is 12.1 Å². The number of fused-ring (bicyclic) bond motifs is 1. The Kier molecular flexibility index (Phi) is 6.23. The number of hydrogen-bond donors (Lipinski definition) is 1. The van der Waals surface area contributed by atoms with Gasteiger partial charge in [-0.25, -0.2) is 17.2 Å². The van der Waals surface area contributed by atoms with Crippen LogP contribution in [0.2, 0.25) is 0 Å². The lowest BCUT2D eigenvalue weighted by Gasteiger charge is -2.30. The molecule has 0 atom stereocenters. The van der Waals surface area contributed by atoms with Gasteiger partial charge in [-0.15, -0.1) is 0 Å². The summed E-state index contributed by atoms with van der Waals surface area (Å²) < 4.78 is 54.7. The number of para-hydroxylation sites is 1. The predicted octanol–water partition coefficient (Wildman–Crippen LogP) is 4.68. The molecule has 0 aliphatic carbocycles. The molecule has 0 spiro atoms. The SMILES string of the molecule is O=C(CCc1ccc(S(=O)(=O)N2CCCc3ccccc32)cc1)Nc1cc(F)ccc1F.